The molecule has 33 heavy (non-hydrogen) atoms. The summed E-state index contributed by atoms with van der Waals surface area (Å²) >= 11 is 0. The third kappa shape index (κ3) is 4.46. The normalized spacial score (nSPS) is 19.0. The molecule has 0 saturated carbocycles. The van der Waals surface area contributed by atoms with E-state index in [1.54, 1.807) is 30.5 Å². The Kier molecular flexibility index (Phi) is 5.60. The van der Waals surface area contributed by atoms with Crippen molar-refractivity contribution < 1.29 is 17.7 Å². The molecule has 2 aliphatic rings. The molecule has 1 fully saturated rings. The highest BCUT2D eigenvalue weighted by molar-refractivity contribution is 7.90. The summed E-state index contributed by atoms with van der Waals surface area (Å²) in [6.07, 6.45) is 6.02. The fourth-order valence-corrected chi connectivity index (χ4v) is 5.16. The van der Waals surface area contributed by atoms with Gasteiger partial charge in [0.15, 0.2) is 9.84 Å². The molecule has 1 aromatic carbocycles. The molecule has 1 atom stereocenters. The number of ether oxygens (including phenoxy) is 1. The molecular formula is C24H28N4O4S. The van der Waals surface area contributed by atoms with Crippen LogP contribution in [0.5, 0.6) is 5.75 Å². The number of hydrogen-bond acceptors (Lipinski definition) is 8. The van der Waals surface area contributed by atoms with Gasteiger partial charge in [0.2, 0.25) is 5.89 Å². The zero-order valence-corrected chi connectivity index (χ0v) is 19.9. The van der Waals surface area contributed by atoms with Crippen molar-refractivity contribution in [1.29, 1.82) is 0 Å². The highest BCUT2D eigenvalue weighted by Crippen LogP contribution is 2.37. The number of benzene rings is 1. The van der Waals surface area contributed by atoms with E-state index in [4.69, 9.17) is 9.26 Å². The Bertz CT molecular complexity index is 1250. The second-order valence-electron chi connectivity index (χ2n) is 9.25. The standard InChI is InChI=1S/C24H28N4O4S/c1-15(2)23-26-24(27-32-23)28-10-8-17(9-11-28)21-13-18-12-20(25-14-22(18)31-21)16-4-6-19(7-5-16)33(3,29)30/h4-7,12,14-15,17,21H,8-11,13H2,1-3H3. The minimum atomic E-state index is -3.21. The molecule has 8 nitrogen and oxygen atoms in total. The van der Waals surface area contributed by atoms with E-state index in [0.717, 1.165) is 54.9 Å². The third-order valence-corrected chi connectivity index (χ3v) is 7.63. The summed E-state index contributed by atoms with van der Waals surface area (Å²) in [5, 5.41) is 4.14. The molecule has 0 N–H and O–H groups in total. The number of sulfone groups is 1. The quantitative estimate of drug-likeness (QED) is 0.556. The number of anilines is 1. The SMILES string of the molecule is CC(C)c1nc(N2CCC(C3Cc4cc(-c5ccc(S(C)(=O)=O)cc5)ncc4O3)CC2)no1. The van der Waals surface area contributed by atoms with Crippen molar-refractivity contribution in [1.82, 2.24) is 15.1 Å². The lowest BCUT2D eigenvalue weighted by atomic mass is 9.89. The van der Waals surface area contributed by atoms with Crippen molar-refractivity contribution in [2.24, 2.45) is 5.92 Å². The summed E-state index contributed by atoms with van der Waals surface area (Å²) in [5.41, 5.74) is 2.87. The fourth-order valence-electron chi connectivity index (χ4n) is 4.53. The van der Waals surface area contributed by atoms with Crippen molar-refractivity contribution in [3.63, 3.8) is 0 Å². The second kappa shape index (κ2) is 8.44. The lowest BCUT2D eigenvalue weighted by Crippen LogP contribution is -2.39. The van der Waals surface area contributed by atoms with Crippen LogP contribution >= 0.6 is 0 Å². The average molecular weight is 469 g/mol. The van der Waals surface area contributed by atoms with E-state index in [1.165, 1.54) is 6.26 Å². The number of aromatic nitrogens is 3. The Balaban J connectivity index is 1.23. The Morgan fingerprint density at radius 3 is 2.48 bits per heavy atom. The van der Waals surface area contributed by atoms with Crippen LogP contribution in [-0.2, 0) is 16.3 Å². The van der Waals surface area contributed by atoms with Crippen LogP contribution in [0, 0.1) is 5.92 Å². The first-order valence-electron chi connectivity index (χ1n) is 11.3. The van der Waals surface area contributed by atoms with Crippen LogP contribution in [-0.4, -0.2) is 49.0 Å². The van der Waals surface area contributed by atoms with Crippen molar-refractivity contribution in [3.05, 3.63) is 48.0 Å². The number of rotatable bonds is 5. The van der Waals surface area contributed by atoms with Crippen LogP contribution in [0.15, 0.2) is 45.9 Å². The lowest BCUT2D eigenvalue weighted by molar-refractivity contribution is 0.138. The Hall–Kier alpha value is -2.94. The molecule has 2 aromatic heterocycles. The number of pyridine rings is 1. The van der Waals surface area contributed by atoms with Crippen LogP contribution < -0.4 is 9.64 Å². The molecule has 0 radical (unpaired) electrons. The summed E-state index contributed by atoms with van der Waals surface area (Å²) in [6, 6.07) is 8.92. The van der Waals surface area contributed by atoms with Gasteiger partial charge in [0.25, 0.3) is 5.95 Å². The van der Waals surface area contributed by atoms with Gasteiger partial charge in [0, 0.05) is 42.8 Å². The molecule has 0 aliphatic carbocycles. The van der Waals surface area contributed by atoms with Crippen LogP contribution in [0.4, 0.5) is 5.95 Å². The van der Waals surface area contributed by atoms with Gasteiger partial charge in [0.1, 0.15) is 11.9 Å². The first-order valence-corrected chi connectivity index (χ1v) is 13.2. The van der Waals surface area contributed by atoms with Gasteiger partial charge in [-0.05, 0) is 42.1 Å². The van der Waals surface area contributed by atoms with Gasteiger partial charge in [-0.15, -0.1) is 0 Å². The van der Waals surface area contributed by atoms with E-state index >= 15 is 0 Å². The number of hydrogen-bond donors (Lipinski definition) is 0. The monoisotopic (exact) mass is 468 g/mol. The molecule has 3 aromatic rings. The summed E-state index contributed by atoms with van der Waals surface area (Å²) in [7, 11) is -3.21. The van der Waals surface area contributed by atoms with Crippen molar-refractivity contribution >= 4 is 15.8 Å². The van der Waals surface area contributed by atoms with E-state index in [9.17, 15) is 8.42 Å². The van der Waals surface area contributed by atoms with Gasteiger partial charge < -0.3 is 14.2 Å². The Labute approximate surface area is 193 Å². The molecule has 1 unspecified atom stereocenters. The van der Waals surface area contributed by atoms with E-state index in [2.05, 4.69) is 26.1 Å². The largest absolute Gasteiger partial charge is 0.488 e. The minimum absolute atomic E-state index is 0.142. The molecule has 5 rings (SSSR count). The molecule has 2 aliphatic heterocycles. The van der Waals surface area contributed by atoms with E-state index in [-0.39, 0.29) is 12.0 Å². The summed E-state index contributed by atoms with van der Waals surface area (Å²) < 4.78 is 35.0. The predicted octanol–water partition coefficient (Wildman–Crippen LogP) is 3.88. The van der Waals surface area contributed by atoms with Gasteiger partial charge in [-0.2, -0.15) is 4.98 Å². The highest BCUT2D eigenvalue weighted by atomic mass is 32.2. The zero-order valence-electron chi connectivity index (χ0n) is 19.1. The van der Waals surface area contributed by atoms with E-state index in [0.29, 0.717) is 22.7 Å². The topological polar surface area (TPSA) is 98.4 Å². The summed E-state index contributed by atoms with van der Waals surface area (Å²) in [6.45, 7) is 5.86. The van der Waals surface area contributed by atoms with Crippen LogP contribution in [0.25, 0.3) is 11.3 Å². The molecule has 9 heteroatoms. The smallest absolute Gasteiger partial charge is 0.266 e. The number of nitrogens with zero attached hydrogens (tertiary/aromatic N) is 4. The van der Waals surface area contributed by atoms with E-state index in [1.807, 2.05) is 13.8 Å². The van der Waals surface area contributed by atoms with Gasteiger partial charge in [-0.1, -0.05) is 26.0 Å². The molecule has 0 amide bonds. The highest BCUT2D eigenvalue weighted by Gasteiger charge is 2.34. The third-order valence-electron chi connectivity index (χ3n) is 6.50. The van der Waals surface area contributed by atoms with Crippen LogP contribution in [0.2, 0.25) is 0 Å². The zero-order chi connectivity index (χ0) is 23.2. The molecule has 0 bridgehead atoms. The minimum Gasteiger partial charge on any atom is -0.488 e. The Morgan fingerprint density at radius 1 is 1.12 bits per heavy atom. The average Bonchev–Trinajstić information content (AvgIpc) is 3.46. The van der Waals surface area contributed by atoms with Crippen LogP contribution in [0.3, 0.4) is 0 Å². The molecular weight excluding hydrogens is 440 g/mol. The van der Waals surface area contributed by atoms with Gasteiger partial charge in [-0.25, -0.2) is 8.42 Å². The Morgan fingerprint density at radius 2 is 1.85 bits per heavy atom. The van der Waals surface area contributed by atoms with Gasteiger partial charge >= 0.3 is 0 Å². The van der Waals surface area contributed by atoms with Crippen LogP contribution in [0.1, 0.15) is 44.1 Å². The maximum Gasteiger partial charge on any atom is 0.266 e. The number of piperidine rings is 1. The second-order valence-corrected chi connectivity index (χ2v) is 11.3. The first-order chi connectivity index (χ1) is 15.8. The molecule has 4 heterocycles. The van der Waals surface area contributed by atoms with Gasteiger partial charge in [-0.3, -0.25) is 4.98 Å². The fraction of sp³-hybridized carbons (Fsp3) is 0.458. The first kappa shape index (κ1) is 21.9. The summed E-state index contributed by atoms with van der Waals surface area (Å²) in [5.74, 6) is 2.89. The molecule has 0 spiro atoms. The summed E-state index contributed by atoms with van der Waals surface area (Å²) in [4.78, 5) is 11.6. The maximum atomic E-state index is 11.7. The van der Waals surface area contributed by atoms with Crippen molar-refractivity contribution in [2.75, 3.05) is 24.2 Å². The van der Waals surface area contributed by atoms with E-state index < -0.39 is 9.84 Å². The maximum absolute atomic E-state index is 11.7. The lowest BCUT2D eigenvalue weighted by Gasteiger charge is -2.33. The van der Waals surface area contributed by atoms with Crippen molar-refractivity contribution in [3.8, 4) is 17.0 Å². The molecule has 174 valence electrons. The number of fused-ring (bicyclic) bond motifs is 1. The van der Waals surface area contributed by atoms with Crippen molar-refractivity contribution in [2.45, 2.75) is 50.0 Å². The van der Waals surface area contributed by atoms with Gasteiger partial charge in [0.05, 0.1) is 16.8 Å². The predicted molar refractivity (Wildman–Crippen MR) is 124 cm³/mol. The molecule has 1 saturated heterocycles.